The van der Waals surface area contributed by atoms with E-state index in [1.54, 1.807) is 11.3 Å². The van der Waals surface area contributed by atoms with Crippen molar-refractivity contribution in [2.75, 3.05) is 11.4 Å². The molecule has 1 atom stereocenters. The lowest BCUT2D eigenvalue weighted by Gasteiger charge is -2.33. The summed E-state index contributed by atoms with van der Waals surface area (Å²) in [6.45, 7) is 3.43. The van der Waals surface area contributed by atoms with E-state index in [9.17, 15) is 9.59 Å². The third-order valence-corrected chi connectivity index (χ3v) is 5.52. The van der Waals surface area contributed by atoms with Gasteiger partial charge in [0.25, 0.3) is 5.91 Å². The van der Waals surface area contributed by atoms with Gasteiger partial charge in [0.05, 0.1) is 17.9 Å². The standard InChI is InChI=1S/C22H20N2O3S/c1-3-19-22(26)24(12-14(2)25)18-11-16(9-10-20(18)27-19)17-13-28-21(23-17)15-7-5-4-6-8-15/h4-11,13,19H,3,12H2,1-2H3. The largest absolute Gasteiger partial charge is 0.478 e. The zero-order valence-electron chi connectivity index (χ0n) is 15.7. The molecule has 4 rings (SSSR count). The van der Waals surface area contributed by atoms with Gasteiger partial charge in [-0.3, -0.25) is 14.5 Å². The van der Waals surface area contributed by atoms with Crippen LogP contribution in [0.3, 0.4) is 0 Å². The number of carbonyl (C=O) groups is 2. The Kier molecular flexibility index (Phi) is 4.96. The van der Waals surface area contributed by atoms with Crippen molar-refractivity contribution in [1.29, 1.82) is 0 Å². The van der Waals surface area contributed by atoms with Gasteiger partial charge in [-0.2, -0.15) is 0 Å². The number of Topliss-reactive ketones (excluding diaryl/α,β-unsaturated/α-hetero) is 1. The van der Waals surface area contributed by atoms with Crippen LogP contribution < -0.4 is 9.64 Å². The molecule has 0 N–H and O–H groups in total. The summed E-state index contributed by atoms with van der Waals surface area (Å²) in [7, 11) is 0. The predicted molar refractivity (Wildman–Crippen MR) is 111 cm³/mol. The van der Waals surface area contributed by atoms with Gasteiger partial charge in [-0.25, -0.2) is 4.98 Å². The zero-order chi connectivity index (χ0) is 19.7. The van der Waals surface area contributed by atoms with Crippen LogP contribution in [0.15, 0.2) is 53.9 Å². The zero-order valence-corrected chi connectivity index (χ0v) is 16.5. The number of hydrogen-bond donors (Lipinski definition) is 0. The van der Waals surface area contributed by atoms with Gasteiger partial charge in [0.1, 0.15) is 16.5 Å². The van der Waals surface area contributed by atoms with E-state index >= 15 is 0 Å². The van der Waals surface area contributed by atoms with Crippen LogP contribution in [0, 0.1) is 0 Å². The number of aromatic nitrogens is 1. The summed E-state index contributed by atoms with van der Waals surface area (Å²) in [6, 6.07) is 15.7. The molecular formula is C22H20N2O3S. The van der Waals surface area contributed by atoms with Crippen LogP contribution >= 0.6 is 11.3 Å². The van der Waals surface area contributed by atoms with Crippen LogP contribution in [-0.2, 0) is 9.59 Å². The van der Waals surface area contributed by atoms with Gasteiger partial charge in [-0.15, -0.1) is 11.3 Å². The van der Waals surface area contributed by atoms with E-state index in [4.69, 9.17) is 9.72 Å². The quantitative estimate of drug-likeness (QED) is 0.638. The molecule has 1 amide bonds. The number of amides is 1. The summed E-state index contributed by atoms with van der Waals surface area (Å²) < 4.78 is 5.85. The molecule has 0 saturated carbocycles. The topological polar surface area (TPSA) is 59.5 Å². The van der Waals surface area contributed by atoms with E-state index in [1.807, 2.05) is 60.8 Å². The summed E-state index contributed by atoms with van der Waals surface area (Å²) in [5.74, 6) is 0.377. The molecule has 1 aromatic heterocycles. The normalized spacial score (nSPS) is 15.9. The molecule has 6 heteroatoms. The molecule has 1 aliphatic heterocycles. The second-order valence-corrected chi connectivity index (χ2v) is 7.59. The van der Waals surface area contributed by atoms with Crippen molar-refractivity contribution in [1.82, 2.24) is 4.98 Å². The minimum absolute atomic E-state index is 0.0431. The maximum Gasteiger partial charge on any atom is 0.268 e. The van der Waals surface area contributed by atoms with Crippen LogP contribution in [0.5, 0.6) is 5.75 Å². The Bertz CT molecular complexity index is 1030. The predicted octanol–water partition coefficient (Wildman–Crippen LogP) is 4.57. The van der Waals surface area contributed by atoms with Crippen molar-refractivity contribution in [3.8, 4) is 27.6 Å². The molecule has 2 heterocycles. The number of thiazole rings is 1. The van der Waals surface area contributed by atoms with Crippen molar-refractivity contribution in [2.45, 2.75) is 26.4 Å². The second kappa shape index (κ2) is 7.56. The highest BCUT2D eigenvalue weighted by molar-refractivity contribution is 7.13. The van der Waals surface area contributed by atoms with Gasteiger partial charge < -0.3 is 4.74 Å². The van der Waals surface area contributed by atoms with E-state index in [0.717, 1.165) is 21.8 Å². The summed E-state index contributed by atoms with van der Waals surface area (Å²) in [5, 5.41) is 2.94. The van der Waals surface area contributed by atoms with Gasteiger partial charge in [0.2, 0.25) is 0 Å². The third-order valence-electron chi connectivity index (χ3n) is 4.63. The van der Waals surface area contributed by atoms with E-state index < -0.39 is 6.10 Å². The molecule has 0 spiro atoms. The van der Waals surface area contributed by atoms with E-state index in [2.05, 4.69) is 0 Å². The molecule has 0 aliphatic carbocycles. The molecule has 3 aromatic rings. The van der Waals surface area contributed by atoms with Crippen LogP contribution in [-0.4, -0.2) is 29.3 Å². The number of rotatable bonds is 5. The van der Waals surface area contributed by atoms with Gasteiger partial charge >= 0.3 is 0 Å². The maximum atomic E-state index is 12.7. The minimum Gasteiger partial charge on any atom is -0.478 e. The lowest BCUT2D eigenvalue weighted by molar-refractivity contribution is -0.128. The third kappa shape index (κ3) is 3.43. The highest BCUT2D eigenvalue weighted by atomic mass is 32.1. The number of anilines is 1. The van der Waals surface area contributed by atoms with Crippen molar-refractivity contribution in [3.05, 3.63) is 53.9 Å². The molecule has 0 saturated heterocycles. The Hall–Kier alpha value is -2.99. The second-order valence-electron chi connectivity index (χ2n) is 6.73. The fourth-order valence-corrected chi connectivity index (χ4v) is 4.08. The average Bonchev–Trinajstić information content (AvgIpc) is 3.20. The van der Waals surface area contributed by atoms with E-state index in [0.29, 0.717) is 17.9 Å². The van der Waals surface area contributed by atoms with Crippen molar-refractivity contribution in [3.63, 3.8) is 0 Å². The van der Waals surface area contributed by atoms with Gasteiger partial charge in [-0.1, -0.05) is 37.3 Å². The summed E-state index contributed by atoms with van der Waals surface area (Å²) in [4.78, 5) is 30.7. The first kappa shape index (κ1) is 18.4. The number of hydrogen-bond acceptors (Lipinski definition) is 5. The lowest BCUT2D eigenvalue weighted by Crippen LogP contribution is -2.47. The summed E-state index contributed by atoms with van der Waals surface area (Å²) in [5.41, 5.74) is 3.41. The summed E-state index contributed by atoms with van der Waals surface area (Å²) in [6.07, 6.45) is 0.00248. The smallest absolute Gasteiger partial charge is 0.268 e. The monoisotopic (exact) mass is 392 g/mol. The van der Waals surface area contributed by atoms with Crippen LogP contribution in [0.25, 0.3) is 21.8 Å². The number of benzene rings is 2. The molecule has 0 radical (unpaired) electrons. The first-order valence-corrected chi connectivity index (χ1v) is 10.1. The first-order chi connectivity index (χ1) is 13.6. The Morgan fingerprint density at radius 3 is 2.68 bits per heavy atom. The number of fused-ring (bicyclic) bond motifs is 1. The molecule has 28 heavy (non-hydrogen) atoms. The Labute approximate surface area is 167 Å². The Morgan fingerprint density at radius 2 is 1.96 bits per heavy atom. The maximum absolute atomic E-state index is 12.7. The van der Waals surface area contributed by atoms with E-state index in [1.165, 1.54) is 11.8 Å². The highest BCUT2D eigenvalue weighted by Gasteiger charge is 2.34. The van der Waals surface area contributed by atoms with Gasteiger partial charge in [0.15, 0.2) is 6.10 Å². The number of nitrogens with zero attached hydrogens (tertiary/aromatic N) is 2. The molecule has 0 bridgehead atoms. The SMILES string of the molecule is CCC1Oc2ccc(-c3csc(-c4ccccc4)n3)cc2N(CC(C)=O)C1=O. The Morgan fingerprint density at radius 1 is 1.18 bits per heavy atom. The van der Waals surface area contributed by atoms with Gasteiger partial charge in [0, 0.05) is 16.5 Å². The molecular weight excluding hydrogens is 372 g/mol. The molecule has 5 nitrogen and oxygen atoms in total. The molecule has 0 fully saturated rings. The average molecular weight is 392 g/mol. The summed E-state index contributed by atoms with van der Waals surface area (Å²) >= 11 is 1.57. The highest BCUT2D eigenvalue weighted by Crippen LogP contribution is 2.39. The molecule has 1 aliphatic rings. The van der Waals surface area contributed by atoms with Crippen molar-refractivity contribution < 1.29 is 14.3 Å². The number of carbonyl (C=O) groups excluding carboxylic acids is 2. The fourth-order valence-electron chi connectivity index (χ4n) is 3.25. The molecule has 142 valence electrons. The van der Waals surface area contributed by atoms with Crippen molar-refractivity contribution >= 4 is 28.7 Å². The van der Waals surface area contributed by atoms with Crippen LogP contribution in [0.2, 0.25) is 0 Å². The number of ether oxygens (including phenoxy) is 1. The molecule has 2 aromatic carbocycles. The van der Waals surface area contributed by atoms with E-state index in [-0.39, 0.29) is 18.2 Å². The first-order valence-electron chi connectivity index (χ1n) is 9.19. The van der Waals surface area contributed by atoms with Crippen LogP contribution in [0.4, 0.5) is 5.69 Å². The van der Waals surface area contributed by atoms with Gasteiger partial charge in [-0.05, 0) is 31.5 Å². The Balaban J connectivity index is 1.72. The minimum atomic E-state index is -0.554. The fraction of sp³-hybridized carbons (Fsp3) is 0.227. The lowest BCUT2D eigenvalue weighted by atomic mass is 10.1. The van der Waals surface area contributed by atoms with Crippen LogP contribution in [0.1, 0.15) is 20.3 Å². The number of ketones is 1. The molecule has 1 unspecified atom stereocenters. The van der Waals surface area contributed by atoms with Crippen molar-refractivity contribution in [2.24, 2.45) is 0 Å².